The van der Waals surface area contributed by atoms with Crippen LogP contribution >= 0.6 is 0 Å². The second-order valence-corrected chi connectivity index (χ2v) is 4.73. The lowest BCUT2D eigenvalue weighted by Crippen LogP contribution is -2.38. The molecule has 1 aliphatic heterocycles. The molecule has 1 fully saturated rings. The molecule has 0 aliphatic carbocycles. The van der Waals surface area contributed by atoms with Gasteiger partial charge in [0.25, 0.3) is 0 Å². The number of likely N-dealkylation sites (tertiary alicyclic amines) is 1. The fourth-order valence-electron chi connectivity index (χ4n) is 2.63. The summed E-state index contributed by atoms with van der Waals surface area (Å²) in [5.74, 6) is 0. The van der Waals surface area contributed by atoms with E-state index >= 15 is 0 Å². The average Bonchev–Trinajstić information content (AvgIpc) is 2.84. The Morgan fingerprint density at radius 3 is 2.82 bits per heavy atom. The van der Waals surface area contributed by atoms with Crippen LogP contribution < -0.4 is 5.32 Å². The van der Waals surface area contributed by atoms with Crippen LogP contribution in [0.4, 0.5) is 0 Å². The van der Waals surface area contributed by atoms with Crippen LogP contribution in [-0.2, 0) is 0 Å². The van der Waals surface area contributed by atoms with E-state index in [2.05, 4.69) is 34.5 Å². The number of nitrogens with zero attached hydrogens (tertiary/aromatic N) is 1. The molecule has 0 spiro atoms. The van der Waals surface area contributed by atoms with Gasteiger partial charge in [0.2, 0.25) is 0 Å². The first-order valence-electron chi connectivity index (χ1n) is 6.42. The van der Waals surface area contributed by atoms with Crippen LogP contribution in [0.15, 0.2) is 30.3 Å². The molecule has 0 radical (unpaired) electrons. The van der Waals surface area contributed by atoms with Crippen LogP contribution in [0.1, 0.15) is 24.4 Å². The van der Waals surface area contributed by atoms with Gasteiger partial charge in [-0.25, -0.2) is 0 Å². The molecule has 1 aromatic carbocycles. The van der Waals surface area contributed by atoms with Crippen molar-refractivity contribution in [2.24, 2.45) is 0 Å². The van der Waals surface area contributed by atoms with E-state index in [9.17, 15) is 5.11 Å². The minimum absolute atomic E-state index is 0.283. The van der Waals surface area contributed by atoms with E-state index < -0.39 is 0 Å². The molecule has 1 saturated heterocycles. The Hall–Kier alpha value is -0.900. The number of aliphatic hydroxyl groups excluding tert-OH is 1. The first-order chi connectivity index (χ1) is 8.35. The Morgan fingerprint density at radius 1 is 1.41 bits per heavy atom. The van der Waals surface area contributed by atoms with E-state index in [1.165, 1.54) is 12.0 Å². The van der Waals surface area contributed by atoms with Gasteiger partial charge in [0.05, 0.1) is 6.61 Å². The van der Waals surface area contributed by atoms with E-state index in [0.29, 0.717) is 12.1 Å². The molecule has 1 aromatic rings. The SMILES string of the molecule is CNC(CN1CCCC1CO)c1ccccc1. The van der Waals surface area contributed by atoms with Gasteiger partial charge >= 0.3 is 0 Å². The van der Waals surface area contributed by atoms with Crippen molar-refractivity contribution in [3.05, 3.63) is 35.9 Å². The lowest BCUT2D eigenvalue weighted by molar-refractivity contribution is 0.149. The molecular formula is C14H22N2O. The predicted octanol–water partition coefficient (Wildman–Crippen LogP) is 1.40. The minimum atomic E-state index is 0.283. The molecule has 2 atom stereocenters. The maximum absolute atomic E-state index is 9.33. The van der Waals surface area contributed by atoms with Crippen molar-refractivity contribution in [1.82, 2.24) is 10.2 Å². The van der Waals surface area contributed by atoms with Crippen LogP contribution in [-0.4, -0.2) is 42.8 Å². The minimum Gasteiger partial charge on any atom is -0.395 e. The third kappa shape index (κ3) is 3.06. The number of benzene rings is 1. The highest BCUT2D eigenvalue weighted by molar-refractivity contribution is 5.19. The summed E-state index contributed by atoms with van der Waals surface area (Å²) in [6.45, 7) is 2.37. The van der Waals surface area contributed by atoms with Crippen LogP contribution in [0.5, 0.6) is 0 Å². The molecule has 0 bridgehead atoms. The Kier molecular flexibility index (Phi) is 4.54. The molecule has 1 heterocycles. The summed E-state index contributed by atoms with van der Waals surface area (Å²) in [6, 6.07) is 11.2. The predicted molar refractivity (Wildman–Crippen MR) is 69.9 cm³/mol. The van der Waals surface area contributed by atoms with Crippen molar-refractivity contribution >= 4 is 0 Å². The van der Waals surface area contributed by atoms with E-state index in [1.807, 2.05) is 13.1 Å². The quantitative estimate of drug-likeness (QED) is 0.808. The Labute approximate surface area is 103 Å². The van der Waals surface area contributed by atoms with Gasteiger partial charge in [0.1, 0.15) is 0 Å². The standard InChI is InChI=1S/C14H22N2O/c1-15-14(12-6-3-2-4-7-12)10-16-9-5-8-13(16)11-17/h2-4,6-7,13-15,17H,5,8-11H2,1H3. The van der Waals surface area contributed by atoms with Crippen LogP contribution in [0.3, 0.4) is 0 Å². The Bertz CT molecular complexity index is 328. The maximum Gasteiger partial charge on any atom is 0.0586 e. The molecule has 0 aromatic heterocycles. The van der Waals surface area contributed by atoms with Gasteiger partial charge in [-0.3, -0.25) is 4.90 Å². The third-order valence-corrected chi connectivity index (χ3v) is 3.68. The number of likely N-dealkylation sites (N-methyl/N-ethyl adjacent to an activating group) is 1. The summed E-state index contributed by atoms with van der Waals surface area (Å²) < 4.78 is 0. The summed E-state index contributed by atoms with van der Waals surface area (Å²) in [7, 11) is 2.00. The van der Waals surface area contributed by atoms with Crippen molar-refractivity contribution in [2.45, 2.75) is 24.9 Å². The second-order valence-electron chi connectivity index (χ2n) is 4.73. The zero-order chi connectivity index (χ0) is 12.1. The van der Waals surface area contributed by atoms with Gasteiger partial charge in [-0.2, -0.15) is 0 Å². The Balaban J connectivity index is 2.00. The smallest absolute Gasteiger partial charge is 0.0586 e. The number of nitrogens with one attached hydrogen (secondary N) is 1. The molecule has 17 heavy (non-hydrogen) atoms. The van der Waals surface area contributed by atoms with Crippen molar-refractivity contribution in [3.63, 3.8) is 0 Å². The van der Waals surface area contributed by atoms with Gasteiger partial charge in [0.15, 0.2) is 0 Å². The summed E-state index contributed by atoms with van der Waals surface area (Å²) in [5.41, 5.74) is 1.32. The van der Waals surface area contributed by atoms with Crippen LogP contribution in [0, 0.1) is 0 Å². The summed E-state index contributed by atoms with van der Waals surface area (Å²) in [4.78, 5) is 2.40. The molecule has 2 unspecified atom stereocenters. The highest BCUT2D eigenvalue weighted by Gasteiger charge is 2.25. The molecule has 1 aliphatic rings. The van der Waals surface area contributed by atoms with Gasteiger partial charge in [-0.15, -0.1) is 0 Å². The normalized spacial score (nSPS) is 22.8. The number of hydrogen-bond acceptors (Lipinski definition) is 3. The first-order valence-corrected chi connectivity index (χ1v) is 6.42. The highest BCUT2D eigenvalue weighted by Crippen LogP contribution is 2.21. The van der Waals surface area contributed by atoms with E-state index in [-0.39, 0.29) is 6.61 Å². The molecule has 2 rings (SSSR count). The summed E-state index contributed by atoms with van der Waals surface area (Å²) in [5, 5.41) is 12.7. The van der Waals surface area contributed by atoms with Gasteiger partial charge in [-0.1, -0.05) is 30.3 Å². The molecule has 0 saturated carbocycles. The third-order valence-electron chi connectivity index (χ3n) is 3.68. The summed E-state index contributed by atoms with van der Waals surface area (Å²) >= 11 is 0. The number of rotatable bonds is 5. The largest absolute Gasteiger partial charge is 0.395 e. The average molecular weight is 234 g/mol. The molecular weight excluding hydrogens is 212 g/mol. The lowest BCUT2D eigenvalue weighted by Gasteiger charge is -2.28. The number of aliphatic hydroxyl groups is 1. The summed E-state index contributed by atoms with van der Waals surface area (Å²) in [6.07, 6.45) is 2.33. The fourth-order valence-corrected chi connectivity index (χ4v) is 2.63. The lowest BCUT2D eigenvalue weighted by atomic mass is 10.1. The first kappa shape index (κ1) is 12.6. The topological polar surface area (TPSA) is 35.5 Å². The highest BCUT2D eigenvalue weighted by atomic mass is 16.3. The Morgan fingerprint density at radius 2 is 2.18 bits per heavy atom. The van der Waals surface area contributed by atoms with Crippen LogP contribution in [0.2, 0.25) is 0 Å². The van der Waals surface area contributed by atoms with Gasteiger partial charge in [0, 0.05) is 18.6 Å². The molecule has 2 N–H and O–H groups in total. The molecule has 0 amide bonds. The molecule has 3 nitrogen and oxygen atoms in total. The molecule has 3 heteroatoms. The number of hydrogen-bond donors (Lipinski definition) is 2. The zero-order valence-corrected chi connectivity index (χ0v) is 10.5. The monoisotopic (exact) mass is 234 g/mol. The van der Waals surface area contributed by atoms with Gasteiger partial charge < -0.3 is 10.4 Å². The van der Waals surface area contributed by atoms with Crippen molar-refractivity contribution < 1.29 is 5.11 Å². The maximum atomic E-state index is 9.33. The van der Waals surface area contributed by atoms with Gasteiger partial charge in [-0.05, 0) is 32.0 Å². The van der Waals surface area contributed by atoms with Crippen molar-refractivity contribution in [1.29, 1.82) is 0 Å². The second kappa shape index (κ2) is 6.15. The van der Waals surface area contributed by atoms with Crippen LogP contribution in [0.25, 0.3) is 0 Å². The molecule has 94 valence electrons. The van der Waals surface area contributed by atoms with Crippen molar-refractivity contribution in [2.75, 3.05) is 26.7 Å². The van der Waals surface area contributed by atoms with Crippen molar-refractivity contribution in [3.8, 4) is 0 Å². The van der Waals surface area contributed by atoms with E-state index in [1.54, 1.807) is 0 Å². The zero-order valence-electron chi connectivity index (χ0n) is 10.5. The van der Waals surface area contributed by atoms with E-state index in [4.69, 9.17) is 0 Å². The fraction of sp³-hybridized carbons (Fsp3) is 0.571. The van der Waals surface area contributed by atoms with E-state index in [0.717, 1.165) is 19.5 Å².